The highest BCUT2D eigenvalue weighted by Gasteiger charge is 2.06. The van der Waals surface area contributed by atoms with Gasteiger partial charge in [-0.15, -0.1) is 11.3 Å². The lowest BCUT2D eigenvalue weighted by Crippen LogP contribution is -2.17. The van der Waals surface area contributed by atoms with E-state index in [4.69, 9.17) is 0 Å². The van der Waals surface area contributed by atoms with Crippen LogP contribution in [0.1, 0.15) is 23.4 Å². The SMILES string of the molecule is C[C@H](NCc1ccccc1Br)c1cccs1. The van der Waals surface area contributed by atoms with Gasteiger partial charge in [0.05, 0.1) is 0 Å². The molecule has 1 aromatic heterocycles. The van der Waals surface area contributed by atoms with Crippen LogP contribution in [-0.2, 0) is 6.54 Å². The lowest BCUT2D eigenvalue weighted by atomic mass is 10.2. The molecule has 0 aliphatic heterocycles. The van der Waals surface area contributed by atoms with E-state index in [1.54, 1.807) is 11.3 Å². The first-order valence-electron chi connectivity index (χ1n) is 5.27. The highest BCUT2D eigenvalue weighted by Crippen LogP contribution is 2.20. The van der Waals surface area contributed by atoms with Crippen molar-refractivity contribution in [3.63, 3.8) is 0 Å². The standard InChI is InChI=1S/C13H14BrNS/c1-10(13-7-4-8-16-13)15-9-11-5-2-3-6-12(11)14/h2-8,10,15H,9H2,1H3/t10-/m0/s1. The molecular formula is C13H14BrNS. The quantitative estimate of drug-likeness (QED) is 0.884. The minimum atomic E-state index is 0.409. The highest BCUT2D eigenvalue weighted by molar-refractivity contribution is 9.10. The molecule has 0 aliphatic carbocycles. The third kappa shape index (κ3) is 2.94. The number of rotatable bonds is 4. The van der Waals surface area contributed by atoms with Gasteiger partial charge in [0.15, 0.2) is 0 Å². The van der Waals surface area contributed by atoms with Crippen LogP contribution >= 0.6 is 27.3 Å². The van der Waals surface area contributed by atoms with Crippen LogP contribution in [0, 0.1) is 0 Å². The average molecular weight is 296 g/mol. The molecule has 1 aromatic carbocycles. The summed E-state index contributed by atoms with van der Waals surface area (Å²) in [6, 6.07) is 13.0. The van der Waals surface area contributed by atoms with E-state index in [1.165, 1.54) is 14.9 Å². The summed E-state index contributed by atoms with van der Waals surface area (Å²) in [5.41, 5.74) is 1.30. The number of hydrogen-bond donors (Lipinski definition) is 1. The monoisotopic (exact) mass is 295 g/mol. The molecule has 1 N–H and O–H groups in total. The Morgan fingerprint density at radius 2 is 2.06 bits per heavy atom. The Balaban J connectivity index is 1.95. The van der Waals surface area contributed by atoms with Crippen LogP contribution in [-0.4, -0.2) is 0 Å². The van der Waals surface area contributed by atoms with Gasteiger partial charge in [-0.2, -0.15) is 0 Å². The first-order chi connectivity index (χ1) is 7.77. The third-order valence-electron chi connectivity index (χ3n) is 2.53. The Kier molecular flexibility index (Phi) is 4.16. The Bertz CT molecular complexity index is 439. The molecule has 16 heavy (non-hydrogen) atoms. The van der Waals surface area contributed by atoms with Crippen molar-refractivity contribution >= 4 is 27.3 Å². The average Bonchev–Trinajstić information content (AvgIpc) is 2.81. The number of thiophene rings is 1. The molecular weight excluding hydrogens is 282 g/mol. The zero-order valence-corrected chi connectivity index (χ0v) is 11.5. The molecule has 0 saturated carbocycles. The molecule has 2 aromatic rings. The van der Waals surface area contributed by atoms with Gasteiger partial charge in [-0.05, 0) is 30.0 Å². The fourth-order valence-electron chi connectivity index (χ4n) is 1.54. The molecule has 84 valence electrons. The van der Waals surface area contributed by atoms with Gasteiger partial charge in [0, 0.05) is 21.9 Å². The van der Waals surface area contributed by atoms with Crippen molar-refractivity contribution < 1.29 is 0 Å². The van der Waals surface area contributed by atoms with Crippen LogP contribution < -0.4 is 5.32 Å². The Hall–Kier alpha value is -0.640. The van der Waals surface area contributed by atoms with Gasteiger partial charge in [-0.3, -0.25) is 0 Å². The molecule has 0 aliphatic rings. The summed E-state index contributed by atoms with van der Waals surface area (Å²) >= 11 is 5.35. The molecule has 1 atom stereocenters. The zero-order valence-electron chi connectivity index (χ0n) is 9.11. The van der Waals surface area contributed by atoms with Gasteiger partial charge in [-0.1, -0.05) is 40.2 Å². The van der Waals surface area contributed by atoms with E-state index in [2.05, 4.69) is 63.9 Å². The highest BCUT2D eigenvalue weighted by atomic mass is 79.9. The van der Waals surface area contributed by atoms with Crippen LogP contribution in [0.4, 0.5) is 0 Å². The van der Waals surface area contributed by atoms with Crippen LogP contribution in [0.5, 0.6) is 0 Å². The summed E-state index contributed by atoms with van der Waals surface area (Å²) in [6.07, 6.45) is 0. The van der Waals surface area contributed by atoms with Crippen LogP contribution in [0.3, 0.4) is 0 Å². The second kappa shape index (κ2) is 5.62. The first-order valence-corrected chi connectivity index (χ1v) is 6.95. The van der Waals surface area contributed by atoms with Gasteiger partial charge in [-0.25, -0.2) is 0 Å². The molecule has 0 unspecified atom stereocenters. The van der Waals surface area contributed by atoms with E-state index in [9.17, 15) is 0 Å². The summed E-state index contributed by atoms with van der Waals surface area (Å²) in [6.45, 7) is 3.09. The van der Waals surface area contributed by atoms with Crippen molar-refractivity contribution in [1.29, 1.82) is 0 Å². The topological polar surface area (TPSA) is 12.0 Å². The fraction of sp³-hybridized carbons (Fsp3) is 0.231. The predicted octanol–water partition coefficient (Wildman–Crippen LogP) is 4.36. The summed E-state index contributed by atoms with van der Waals surface area (Å²) in [5, 5.41) is 5.64. The van der Waals surface area contributed by atoms with E-state index in [1.807, 2.05) is 6.07 Å². The maximum Gasteiger partial charge on any atom is 0.0388 e. The summed E-state index contributed by atoms with van der Waals surface area (Å²) in [5.74, 6) is 0. The zero-order chi connectivity index (χ0) is 11.4. The lowest BCUT2D eigenvalue weighted by Gasteiger charge is -2.12. The molecule has 0 fully saturated rings. The van der Waals surface area contributed by atoms with Crippen molar-refractivity contribution in [3.8, 4) is 0 Å². The number of benzene rings is 1. The van der Waals surface area contributed by atoms with Crippen LogP contribution in [0.2, 0.25) is 0 Å². The molecule has 0 spiro atoms. The van der Waals surface area contributed by atoms with Crippen molar-refractivity contribution in [2.24, 2.45) is 0 Å². The molecule has 2 rings (SSSR count). The van der Waals surface area contributed by atoms with Crippen molar-refractivity contribution in [2.75, 3.05) is 0 Å². The van der Waals surface area contributed by atoms with Crippen molar-refractivity contribution in [2.45, 2.75) is 19.5 Å². The lowest BCUT2D eigenvalue weighted by molar-refractivity contribution is 0.582. The smallest absolute Gasteiger partial charge is 0.0388 e. The van der Waals surface area contributed by atoms with E-state index in [0.29, 0.717) is 6.04 Å². The number of nitrogens with one attached hydrogen (secondary N) is 1. The molecule has 3 heteroatoms. The normalized spacial score (nSPS) is 12.6. The van der Waals surface area contributed by atoms with Gasteiger partial charge in [0.2, 0.25) is 0 Å². The molecule has 0 bridgehead atoms. The molecule has 1 nitrogen and oxygen atoms in total. The van der Waals surface area contributed by atoms with Crippen molar-refractivity contribution in [3.05, 3.63) is 56.7 Å². The van der Waals surface area contributed by atoms with E-state index in [0.717, 1.165) is 6.54 Å². The largest absolute Gasteiger partial charge is 0.305 e. The Morgan fingerprint density at radius 1 is 1.25 bits per heavy atom. The van der Waals surface area contributed by atoms with Crippen molar-refractivity contribution in [1.82, 2.24) is 5.32 Å². The van der Waals surface area contributed by atoms with Crippen LogP contribution in [0.25, 0.3) is 0 Å². The minimum Gasteiger partial charge on any atom is -0.305 e. The van der Waals surface area contributed by atoms with E-state index in [-0.39, 0.29) is 0 Å². The Labute approximate surface area is 109 Å². The molecule has 0 radical (unpaired) electrons. The maximum absolute atomic E-state index is 3.56. The molecule has 0 saturated heterocycles. The van der Waals surface area contributed by atoms with Crippen LogP contribution in [0.15, 0.2) is 46.3 Å². The third-order valence-corrected chi connectivity index (χ3v) is 4.36. The predicted molar refractivity (Wildman–Crippen MR) is 73.7 cm³/mol. The van der Waals surface area contributed by atoms with Gasteiger partial charge in [0.25, 0.3) is 0 Å². The first kappa shape index (κ1) is 11.8. The van der Waals surface area contributed by atoms with E-state index < -0.39 is 0 Å². The Morgan fingerprint density at radius 3 is 2.75 bits per heavy atom. The second-order valence-corrected chi connectivity index (χ2v) is 5.54. The fourth-order valence-corrected chi connectivity index (χ4v) is 2.73. The second-order valence-electron chi connectivity index (χ2n) is 3.71. The summed E-state index contributed by atoms with van der Waals surface area (Å²) < 4.78 is 1.17. The number of halogens is 1. The number of hydrogen-bond acceptors (Lipinski definition) is 2. The van der Waals surface area contributed by atoms with Gasteiger partial charge in [0.1, 0.15) is 0 Å². The summed E-state index contributed by atoms with van der Waals surface area (Å²) in [4.78, 5) is 1.38. The van der Waals surface area contributed by atoms with Gasteiger partial charge >= 0.3 is 0 Å². The molecule has 1 heterocycles. The minimum absolute atomic E-state index is 0.409. The molecule has 0 amide bonds. The summed E-state index contributed by atoms with van der Waals surface area (Å²) in [7, 11) is 0. The van der Waals surface area contributed by atoms with E-state index >= 15 is 0 Å². The van der Waals surface area contributed by atoms with Gasteiger partial charge < -0.3 is 5.32 Å². The maximum atomic E-state index is 3.56.